The topological polar surface area (TPSA) is 35.5 Å². The molecular weight excluding hydrogens is 295 g/mol. The van der Waals surface area contributed by atoms with Gasteiger partial charge in [-0.2, -0.15) is 4.39 Å². The van der Waals surface area contributed by atoms with Gasteiger partial charge in [0.25, 0.3) is 0 Å². The van der Waals surface area contributed by atoms with E-state index in [1.807, 2.05) is 30.3 Å². The SMILES string of the molecule is O=C(F)c1ccc(Oc2ccc(Oc3ccccc3)cc2)cc1. The average molecular weight is 308 g/mol. The number of rotatable bonds is 5. The van der Waals surface area contributed by atoms with Crippen LogP contribution in [0.5, 0.6) is 23.0 Å². The molecule has 3 nitrogen and oxygen atoms in total. The highest BCUT2D eigenvalue weighted by molar-refractivity contribution is 5.88. The van der Waals surface area contributed by atoms with Crippen molar-refractivity contribution in [1.82, 2.24) is 0 Å². The summed E-state index contributed by atoms with van der Waals surface area (Å²) in [4.78, 5) is 10.6. The molecule has 0 aromatic heterocycles. The number of hydrogen-bond donors (Lipinski definition) is 0. The second-order valence-electron chi connectivity index (χ2n) is 4.79. The zero-order chi connectivity index (χ0) is 16.1. The lowest BCUT2D eigenvalue weighted by molar-refractivity contribution is 0.0836. The van der Waals surface area contributed by atoms with Crippen LogP contribution in [0.4, 0.5) is 4.39 Å². The monoisotopic (exact) mass is 308 g/mol. The number of para-hydroxylation sites is 1. The van der Waals surface area contributed by atoms with E-state index in [0.29, 0.717) is 17.2 Å². The minimum Gasteiger partial charge on any atom is -0.457 e. The molecule has 3 aromatic rings. The minimum absolute atomic E-state index is 0.00367. The molecule has 0 amide bonds. The van der Waals surface area contributed by atoms with E-state index in [1.165, 1.54) is 12.1 Å². The fraction of sp³-hybridized carbons (Fsp3) is 0. The molecular formula is C19H13FO3. The molecule has 114 valence electrons. The molecule has 0 unspecified atom stereocenters. The molecule has 0 spiro atoms. The van der Waals surface area contributed by atoms with Crippen LogP contribution in [-0.4, -0.2) is 6.04 Å². The minimum atomic E-state index is -1.46. The van der Waals surface area contributed by atoms with Gasteiger partial charge in [-0.25, -0.2) is 0 Å². The first-order chi connectivity index (χ1) is 11.2. The number of carbonyl (C=O) groups is 1. The molecule has 0 atom stereocenters. The first-order valence-corrected chi connectivity index (χ1v) is 7.01. The van der Waals surface area contributed by atoms with Crippen molar-refractivity contribution in [2.24, 2.45) is 0 Å². The predicted octanol–water partition coefficient (Wildman–Crippen LogP) is 5.38. The van der Waals surface area contributed by atoms with E-state index in [4.69, 9.17) is 9.47 Å². The highest BCUT2D eigenvalue weighted by Gasteiger charge is 2.04. The van der Waals surface area contributed by atoms with Crippen LogP contribution in [0.15, 0.2) is 78.9 Å². The lowest BCUT2D eigenvalue weighted by Crippen LogP contribution is -1.90. The van der Waals surface area contributed by atoms with Crippen molar-refractivity contribution in [3.63, 3.8) is 0 Å². The lowest BCUT2D eigenvalue weighted by Gasteiger charge is -2.08. The van der Waals surface area contributed by atoms with E-state index in [9.17, 15) is 9.18 Å². The molecule has 0 heterocycles. The number of hydrogen-bond acceptors (Lipinski definition) is 3. The van der Waals surface area contributed by atoms with Crippen LogP contribution in [0.3, 0.4) is 0 Å². The summed E-state index contributed by atoms with van der Waals surface area (Å²) < 4.78 is 23.8. The van der Waals surface area contributed by atoms with Gasteiger partial charge in [0.1, 0.15) is 23.0 Å². The highest BCUT2D eigenvalue weighted by atomic mass is 19.1. The van der Waals surface area contributed by atoms with E-state index in [2.05, 4.69) is 0 Å². The Kier molecular flexibility index (Phi) is 4.34. The Labute approximate surface area is 132 Å². The molecule has 3 rings (SSSR count). The maximum atomic E-state index is 12.5. The molecule has 23 heavy (non-hydrogen) atoms. The third kappa shape index (κ3) is 3.95. The van der Waals surface area contributed by atoms with Gasteiger partial charge >= 0.3 is 6.04 Å². The Morgan fingerprint density at radius 1 is 0.609 bits per heavy atom. The van der Waals surface area contributed by atoms with Crippen LogP contribution >= 0.6 is 0 Å². The zero-order valence-electron chi connectivity index (χ0n) is 12.1. The second-order valence-corrected chi connectivity index (χ2v) is 4.79. The first-order valence-electron chi connectivity index (χ1n) is 7.01. The van der Waals surface area contributed by atoms with Crippen LogP contribution in [0.1, 0.15) is 10.4 Å². The maximum Gasteiger partial charge on any atom is 0.332 e. The molecule has 0 aliphatic rings. The summed E-state index contributed by atoms with van der Waals surface area (Å²) in [6.07, 6.45) is 0. The standard InChI is InChI=1S/C19H13FO3/c20-19(21)14-6-8-16(9-7-14)23-18-12-10-17(11-13-18)22-15-4-2-1-3-5-15/h1-13H. The van der Waals surface area contributed by atoms with Gasteiger partial charge in [-0.3, -0.25) is 4.79 Å². The number of ether oxygens (including phenoxy) is 2. The highest BCUT2D eigenvalue weighted by Crippen LogP contribution is 2.26. The van der Waals surface area contributed by atoms with Crippen molar-refractivity contribution in [2.45, 2.75) is 0 Å². The molecule has 0 radical (unpaired) electrons. The molecule has 4 heteroatoms. The van der Waals surface area contributed by atoms with Gasteiger partial charge < -0.3 is 9.47 Å². The van der Waals surface area contributed by atoms with Crippen molar-refractivity contribution >= 4 is 6.04 Å². The van der Waals surface area contributed by atoms with Crippen molar-refractivity contribution < 1.29 is 18.7 Å². The summed E-state index contributed by atoms with van der Waals surface area (Å²) >= 11 is 0. The van der Waals surface area contributed by atoms with Crippen LogP contribution < -0.4 is 9.47 Å². The molecule has 0 saturated carbocycles. The molecule has 0 N–H and O–H groups in total. The maximum absolute atomic E-state index is 12.5. The van der Waals surface area contributed by atoms with Crippen molar-refractivity contribution in [3.05, 3.63) is 84.4 Å². The fourth-order valence-electron chi connectivity index (χ4n) is 1.99. The molecule has 0 fully saturated rings. The summed E-state index contributed by atoms with van der Waals surface area (Å²) in [5.74, 6) is 2.59. The van der Waals surface area contributed by atoms with Crippen LogP contribution in [0, 0.1) is 0 Å². The summed E-state index contributed by atoms with van der Waals surface area (Å²) in [7, 11) is 0. The zero-order valence-corrected chi connectivity index (χ0v) is 12.1. The number of carbonyl (C=O) groups excluding carboxylic acids is 1. The van der Waals surface area contributed by atoms with Gasteiger partial charge in [0, 0.05) is 0 Å². The quantitative estimate of drug-likeness (QED) is 0.593. The van der Waals surface area contributed by atoms with Crippen LogP contribution in [0.2, 0.25) is 0 Å². The molecule has 0 aliphatic carbocycles. The van der Waals surface area contributed by atoms with Crippen LogP contribution in [0.25, 0.3) is 0 Å². The fourth-order valence-corrected chi connectivity index (χ4v) is 1.99. The number of halogens is 1. The van der Waals surface area contributed by atoms with E-state index in [1.54, 1.807) is 36.4 Å². The third-order valence-corrected chi connectivity index (χ3v) is 3.12. The summed E-state index contributed by atoms with van der Waals surface area (Å²) in [6, 6.07) is 21.0. The normalized spacial score (nSPS) is 10.1. The van der Waals surface area contributed by atoms with E-state index in [-0.39, 0.29) is 5.56 Å². The third-order valence-electron chi connectivity index (χ3n) is 3.12. The molecule has 0 bridgehead atoms. The summed E-state index contributed by atoms with van der Waals surface area (Å²) in [5, 5.41) is 0. The van der Waals surface area contributed by atoms with Crippen LogP contribution in [-0.2, 0) is 0 Å². The Hall–Kier alpha value is -3.14. The average Bonchev–Trinajstić information content (AvgIpc) is 2.58. The molecule has 0 aliphatic heterocycles. The van der Waals surface area contributed by atoms with Crippen molar-refractivity contribution in [2.75, 3.05) is 0 Å². The molecule has 3 aromatic carbocycles. The second kappa shape index (κ2) is 6.75. The summed E-state index contributed by atoms with van der Waals surface area (Å²) in [6.45, 7) is 0. The summed E-state index contributed by atoms with van der Waals surface area (Å²) in [5.41, 5.74) is 0.00367. The largest absolute Gasteiger partial charge is 0.457 e. The van der Waals surface area contributed by atoms with Gasteiger partial charge in [0.15, 0.2) is 0 Å². The van der Waals surface area contributed by atoms with Gasteiger partial charge in [-0.1, -0.05) is 18.2 Å². The van der Waals surface area contributed by atoms with Gasteiger partial charge in [-0.15, -0.1) is 0 Å². The Bertz CT molecular complexity index is 781. The predicted molar refractivity (Wildman–Crippen MR) is 84.9 cm³/mol. The smallest absolute Gasteiger partial charge is 0.332 e. The van der Waals surface area contributed by atoms with Gasteiger partial charge in [0.2, 0.25) is 0 Å². The number of benzene rings is 3. The van der Waals surface area contributed by atoms with E-state index in [0.717, 1.165) is 5.75 Å². The molecule has 0 saturated heterocycles. The Balaban J connectivity index is 1.66. The van der Waals surface area contributed by atoms with E-state index < -0.39 is 6.04 Å². The first kappa shape index (κ1) is 14.8. The van der Waals surface area contributed by atoms with Gasteiger partial charge in [0.05, 0.1) is 5.56 Å². The lowest BCUT2D eigenvalue weighted by atomic mass is 10.2. The van der Waals surface area contributed by atoms with E-state index >= 15 is 0 Å². The Morgan fingerprint density at radius 3 is 1.43 bits per heavy atom. The van der Waals surface area contributed by atoms with Crippen molar-refractivity contribution in [1.29, 1.82) is 0 Å². The Morgan fingerprint density at radius 2 is 1.00 bits per heavy atom. The van der Waals surface area contributed by atoms with Gasteiger partial charge in [-0.05, 0) is 60.7 Å². The van der Waals surface area contributed by atoms with Crippen molar-refractivity contribution in [3.8, 4) is 23.0 Å².